The molecule has 1 saturated carbocycles. The highest BCUT2D eigenvalue weighted by Gasteiger charge is 2.96. The van der Waals surface area contributed by atoms with Gasteiger partial charge in [0.15, 0.2) is 5.41 Å². The molecular formula is C41H48N2O14. The normalized spacial score (nSPS) is 27.5. The molecule has 4 fully saturated rings. The van der Waals surface area contributed by atoms with Gasteiger partial charge in [-0.25, -0.2) is 24.0 Å². The summed E-state index contributed by atoms with van der Waals surface area (Å²) in [6, 6.07) is 12.0. The molecule has 0 radical (unpaired) electrons. The van der Waals surface area contributed by atoms with Gasteiger partial charge in [-0.1, -0.05) is 45.0 Å². The smallest absolute Gasteiger partial charge is 0.407 e. The van der Waals surface area contributed by atoms with Gasteiger partial charge in [-0.15, -0.1) is 0 Å². The number of nitrogens with one attached hydrogen (secondary N) is 2. The molecule has 4 aliphatic rings. The van der Waals surface area contributed by atoms with Gasteiger partial charge >= 0.3 is 42.0 Å². The number of rotatable bonds is 8. The van der Waals surface area contributed by atoms with Crippen LogP contribution in [-0.2, 0) is 60.6 Å². The Morgan fingerprint density at radius 3 is 1.63 bits per heavy atom. The first kappa shape index (κ1) is 41.0. The Morgan fingerprint density at radius 2 is 1.18 bits per heavy atom. The van der Waals surface area contributed by atoms with E-state index in [0.29, 0.717) is 11.1 Å². The maximum atomic E-state index is 14.2. The van der Waals surface area contributed by atoms with E-state index in [1.807, 2.05) is 0 Å². The Bertz CT molecular complexity index is 1990. The molecule has 6 rings (SSSR count). The lowest BCUT2D eigenvalue weighted by molar-refractivity contribution is -0.220. The highest BCUT2D eigenvalue weighted by atomic mass is 16.7. The Morgan fingerprint density at radius 1 is 0.702 bits per heavy atom. The Hall–Kier alpha value is -5.67. The molecule has 2 N–H and O–H groups in total. The van der Waals surface area contributed by atoms with Crippen LogP contribution < -0.4 is 10.6 Å². The van der Waals surface area contributed by atoms with Crippen molar-refractivity contribution in [2.75, 3.05) is 0 Å². The standard InChI is InChI=1S/C41H48N2O14/c1-36(2,3)40-18-26-39(32(48)55-40,19-27(44)51-26)41(40)28(52-29(45)24-14-10-22(11-15-24)20-42-34(49)56-37(4,5)6)31(47)54-33(41)53-30(46)25-16-12-23(13-17-25)21-43-35(50)57-38(7,8)9/h10-17,26,28,33H,18-21H2,1-9H3,(H,42,49)(H,43,50)/t26-,28-,33+,39-,40+,41+/m0/s1. The zero-order valence-corrected chi connectivity index (χ0v) is 33.4. The molecule has 0 unspecified atom stereocenters. The summed E-state index contributed by atoms with van der Waals surface area (Å²) in [5.74, 6) is -4.67. The van der Waals surface area contributed by atoms with Crippen LogP contribution in [0.4, 0.5) is 9.59 Å². The first-order valence-electron chi connectivity index (χ1n) is 18.6. The molecule has 16 nitrogen and oxygen atoms in total. The second-order valence-electron chi connectivity index (χ2n) is 17.7. The number of esters is 5. The first-order chi connectivity index (χ1) is 26.4. The van der Waals surface area contributed by atoms with Crippen molar-refractivity contribution >= 4 is 42.0 Å². The molecule has 3 aliphatic heterocycles. The number of alkyl carbamates (subject to hydrolysis) is 2. The quantitative estimate of drug-likeness (QED) is 0.266. The molecule has 2 spiro atoms. The summed E-state index contributed by atoms with van der Waals surface area (Å²) in [5.41, 5.74) is -6.86. The van der Waals surface area contributed by atoms with Crippen LogP contribution in [0.15, 0.2) is 48.5 Å². The minimum absolute atomic E-state index is 0.0101. The highest BCUT2D eigenvalue weighted by molar-refractivity contribution is 5.98. The topological polar surface area (TPSA) is 208 Å². The van der Waals surface area contributed by atoms with Crippen molar-refractivity contribution in [2.24, 2.45) is 16.2 Å². The third kappa shape index (κ3) is 7.14. The molecule has 3 heterocycles. The van der Waals surface area contributed by atoms with Gasteiger partial charge in [-0.05, 0) is 76.9 Å². The molecule has 3 saturated heterocycles. The molecule has 306 valence electrons. The van der Waals surface area contributed by atoms with E-state index < -0.39 is 100.0 Å². The average molecular weight is 793 g/mol. The van der Waals surface area contributed by atoms with E-state index in [9.17, 15) is 33.6 Å². The highest BCUT2D eigenvalue weighted by Crippen LogP contribution is 2.78. The number of cyclic esters (lactones) is 1. The van der Waals surface area contributed by atoms with Crippen LogP contribution in [0.5, 0.6) is 0 Å². The number of carbonyl (C=O) groups is 7. The summed E-state index contributed by atoms with van der Waals surface area (Å²) >= 11 is 0. The molecule has 2 bridgehead atoms. The Balaban J connectivity index is 1.30. The number of carbonyl (C=O) groups excluding carboxylic acids is 7. The lowest BCUT2D eigenvalue weighted by Gasteiger charge is -2.49. The van der Waals surface area contributed by atoms with Gasteiger partial charge in [0.05, 0.1) is 17.5 Å². The summed E-state index contributed by atoms with van der Waals surface area (Å²) in [5, 5.41) is 5.27. The zero-order chi connectivity index (χ0) is 41.9. The van der Waals surface area contributed by atoms with Gasteiger partial charge in [0.1, 0.15) is 28.3 Å². The van der Waals surface area contributed by atoms with Crippen LogP contribution in [0.2, 0.25) is 0 Å². The molecule has 0 aromatic heterocycles. The van der Waals surface area contributed by atoms with Crippen LogP contribution in [0, 0.1) is 16.2 Å². The Labute approximate surface area is 329 Å². The van der Waals surface area contributed by atoms with Crippen molar-refractivity contribution in [3.05, 3.63) is 70.8 Å². The summed E-state index contributed by atoms with van der Waals surface area (Å²) in [4.78, 5) is 93.3. The van der Waals surface area contributed by atoms with Crippen LogP contribution in [0.3, 0.4) is 0 Å². The lowest BCUT2D eigenvalue weighted by atomic mass is 9.53. The average Bonchev–Trinajstić information content (AvgIpc) is 3.73. The summed E-state index contributed by atoms with van der Waals surface area (Å²) in [6.45, 7) is 15.8. The van der Waals surface area contributed by atoms with Crippen LogP contribution >= 0.6 is 0 Å². The van der Waals surface area contributed by atoms with E-state index in [4.69, 9.17) is 33.2 Å². The second kappa shape index (κ2) is 14.1. The van der Waals surface area contributed by atoms with E-state index in [-0.39, 0.29) is 30.6 Å². The number of hydrogen-bond donors (Lipinski definition) is 2. The summed E-state index contributed by atoms with van der Waals surface area (Å²) < 4.78 is 40.2. The fourth-order valence-corrected chi connectivity index (χ4v) is 8.40. The predicted octanol–water partition coefficient (Wildman–Crippen LogP) is 5.04. The molecule has 2 aromatic carbocycles. The van der Waals surface area contributed by atoms with Gasteiger partial charge < -0.3 is 43.8 Å². The summed E-state index contributed by atoms with van der Waals surface area (Å²) in [7, 11) is 0. The minimum Gasteiger partial charge on any atom is -0.461 e. The number of benzene rings is 2. The van der Waals surface area contributed by atoms with E-state index >= 15 is 0 Å². The number of hydrogen-bond acceptors (Lipinski definition) is 14. The fourth-order valence-electron chi connectivity index (χ4n) is 8.40. The van der Waals surface area contributed by atoms with Gasteiger partial charge in [0.2, 0.25) is 6.10 Å². The molecular weight excluding hydrogens is 744 g/mol. The fraction of sp³-hybridized carbons (Fsp3) is 0.537. The maximum absolute atomic E-state index is 14.2. The van der Waals surface area contributed by atoms with E-state index in [1.54, 1.807) is 86.6 Å². The molecule has 1 aliphatic carbocycles. The van der Waals surface area contributed by atoms with Crippen LogP contribution in [-0.4, -0.2) is 77.3 Å². The Kier molecular flexibility index (Phi) is 10.1. The monoisotopic (exact) mass is 792 g/mol. The molecule has 2 amide bonds. The largest absolute Gasteiger partial charge is 0.461 e. The first-order valence-corrected chi connectivity index (χ1v) is 18.6. The SMILES string of the molecule is CC(C)(C)OC(=O)NCc1ccc(C(=O)O[C@@H]2OC(=O)[C@H](OC(=O)c3ccc(CNC(=O)OC(C)(C)C)cc3)[C@]23[C@@]24CC(=O)O[C@H]2C[C@]3(C(C)(C)C)OC4=O)cc1. The summed E-state index contributed by atoms with van der Waals surface area (Å²) in [6.07, 6.45) is -6.79. The lowest BCUT2D eigenvalue weighted by Crippen LogP contribution is -2.64. The molecule has 6 atom stereocenters. The second-order valence-corrected chi connectivity index (χ2v) is 17.7. The molecule has 57 heavy (non-hydrogen) atoms. The van der Waals surface area contributed by atoms with Crippen molar-refractivity contribution in [3.63, 3.8) is 0 Å². The van der Waals surface area contributed by atoms with Gasteiger partial charge in [-0.3, -0.25) is 9.59 Å². The zero-order valence-electron chi connectivity index (χ0n) is 33.4. The van der Waals surface area contributed by atoms with Crippen LogP contribution in [0.1, 0.15) is 107 Å². The van der Waals surface area contributed by atoms with Crippen molar-refractivity contribution in [1.82, 2.24) is 10.6 Å². The van der Waals surface area contributed by atoms with Crippen molar-refractivity contribution < 1.29 is 66.7 Å². The van der Waals surface area contributed by atoms with Crippen molar-refractivity contribution in [1.29, 1.82) is 0 Å². The van der Waals surface area contributed by atoms with Gasteiger partial charge in [0.25, 0.3) is 6.29 Å². The third-order valence-corrected chi connectivity index (χ3v) is 10.7. The third-order valence-electron chi connectivity index (χ3n) is 10.7. The van der Waals surface area contributed by atoms with Gasteiger partial charge in [0, 0.05) is 24.9 Å². The van der Waals surface area contributed by atoms with E-state index in [1.165, 1.54) is 24.3 Å². The maximum Gasteiger partial charge on any atom is 0.407 e. The molecule has 2 aromatic rings. The molecule has 16 heteroatoms. The predicted molar refractivity (Wildman–Crippen MR) is 196 cm³/mol. The minimum atomic E-state index is -2.08. The van der Waals surface area contributed by atoms with E-state index in [2.05, 4.69) is 10.6 Å². The van der Waals surface area contributed by atoms with E-state index in [0.717, 1.165) is 0 Å². The van der Waals surface area contributed by atoms with Crippen molar-refractivity contribution in [3.8, 4) is 0 Å². The van der Waals surface area contributed by atoms with Crippen molar-refractivity contribution in [2.45, 2.75) is 124 Å². The number of ether oxygens (including phenoxy) is 7. The number of amides is 2. The van der Waals surface area contributed by atoms with Gasteiger partial charge in [-0.2, -0.15) is 0 Å². The van der Waals surface area contributed by atoms with Crippen LogP contribution in [0.25, 0.3) is 0 Å².